The fraction of sp³-hybridized carbons (Fsp3) is 0.714. The van der Waals surface area contributed by atoms with Crippen LogP contribution >= 0.6 is 0 Å². The van der Waals surface area contributed by atoms with Gasteiger partial charge >= 0.3 is 0 Å². The quantitative estimate of drug-likeness (QED) is 0.480. The zero-order valence-corrected chi connectivity index (χ0v) is 23.8. The van der Waals surface area contributed by atoms with Gasteiger partial charge < -0.3 is 18.9 Å². The Morgan fingerprint density at radius 3 is 1.21 bits per heavy atom. The third kappa shape index (κ3) is 3.74. The highest BCUT2D eigenvalue weighted by Gasteiger charge is 2.56. The van der Waals surface area contributed by atoms with E-state index in [1.165, 1.54) is 16.7 Å². The van der Waals surface area contributed by atoms with Gasteiger partial charge in [-0.1, -0.05) is 24.3 Å². The summed E-state index contributed by atoms with van der Waals surface area (Å²) in [7, 11) is -6.38. The highest BCUT2D eigenvalue weighted by atomic mass is 32.2. The van der Waals surface area contributed by atoms with E-state index in [4.69, 9.17) is 18.9 Å². The van der Waals surface area contributed by atoms with Crippen LogP contribution in [0, 0.1) is 0 Å². The van der Waals surface area contributed by atoms with Gasteiger partial charge in [-0.3, -0.25) is 0 Å². The summed E-state index contributed by atoms with van der Waals surface area (Å²) in [5.41, 5.74) is 4.60. The average molecular weight is 565 g/mol. The zero-order valence-electron chi connectivity index (χ0n) is 22.1. The summed E-state index contributed by atoms with van der Waals surface area (Å²) in [6.45, 7) is 8.01. The SMILES string of the molecule is CC1=CC2OC1CC2S(=O)(=O)C1CC2C=C(C)C1O2.CC1=CC2OC1CC2S(=O)(=O)C1CC2OC1C=C2C. The number of rotatable bonds is 4. The molecule has 0 amide bonds. The molecule has 0 aromatic carbocycles. The van der Waals surface area contributed by atoms with E-state index < -0.39 is 19.7 Å². The first-order valence-electron chi connectivity index (χ1n) is 13.7. The Bertz CT molecular complexity index is 1340. The standard InChI is InChI=1S/2C14H18O4S/c1-7-4-11-12(6-10(7)18-11)19(15,16)13-5-9-3-8(2)14(13)17-9;1-7-3-11-13(5-9(7)17-11)19(15,16)14-6-10-8(2)4-12(14)18-10/h2*3-4,9-14H,5-6H2,1-2H3. The van der Waals surface area contributed by atoms with Gasteiger partial charge in [0.05, 0.1) is 69.8 Å². The molecule has 0 aromatic rings. The van der Waals surface area contributed by atoms with E-state index in [-0.39, 0.29) is 69.8 Å². The predicted octanol–water partition coefficient (Wildman–Crippen LogP) is 2.75. The van der Waals surface area contributed by atoms with Crippen molar-refractivity contribution in [3.8, 4) is 0 Å². The lowest BCUT2D eigenvalue weighted by Gasteiger charge is -2.25. The van der Waals surface area contributed by atoms with Crippen LogP contribution in [0.3, 0.4) is 0 Å². The van der Waals surface area contributed by atoms with Crippen LogP contribution in [-0.4, -0.2) is 86.7 Å². The number of hydrogen-bond acceptors (Lipinski definition) is 8. The Kier molecular flexibility index (Phi) is 5.81. The minimum atomic E-state index is -3.19. The fourth-order valence-electron chi connectivity index (χ4n) is 7.75. The molecule has 208 valence electrons. The Hall–Kier alpha value is -1.30. The van der Waals surface area contributed by atoms with E-state index >= 15 is 0 Å². The molecule has 10 heteroatoms. The second-order valence-corrected chi connectivity index (χ2v) is 17.1. The molecule has 0 aromatic heterocycles. The second-order valence-electron chi connectivity index (χ2n) is 12.3. The molecule has 8 rings (SSSR count). The van der Waals surface area contributed by atoms with Gasteiger partial charge in [-0.2, -0.15) is 0 Å². The molecule has 4 saturated heterocycles. The van der Waals surface area contributed by atoms with Crippen LogP contribution in [0.2, 0.25) is 0 Å². The van der Waals surface area contributed by atoms with Crippen LogP contribution in [0.15, 0.2) is 46.6 Å². The molecule has 8 aliphatic heterocycles. The molecule has 8 heterocycles. The van der Waals surface area contributed by atoms with Gasteiger partial charge in [-0.25, -0.2) is 16.8 Å². The summed E-state index contributed by atoms with van der Waals surface area (Å²) in [5.74, 6) is 0. The zero-order chi connectivity index (χ0) is 26.7. The largest absolute Gasteiger partial charge is 0.365 e. The molecule has 0 saturated carbocycles. The maximum atomic E-state index is 12.9. The smallest absolute Gasteiger partial charge is 0.161 e. The predicted molar refractivity (Wildman–Crippen MR) is 141 cm³/mol. The van der Waals surface area contributed by atoms with Gasteiger partial charge in [-0.05, 0) is 75.7 Å². The molecule has 38 heavy (non-hydrogen) atoms. The maximum Gasteiger partial charge on any atom is 0.161 e. The summed E-state index contributed by atoms with van der Waals surface area (Å²) >= 11 is 0. The van der Waals surface area contributed by atoms with Gasteiger partial charge in [0.15, 0.2) is 19.7 Å². The Balaban J connectivity index is 0.000000127. The van der Waals surface area contributed by atoms with Crippen molar-refractivity contribution in [1.82, 2.24) is 0 Å². The molecule has 0 aliphatic carbocycles. The summed E-state index contributed by atoms with van der Waals surface area (Å²) in [5, 5.41) is -1.49. The van der Waals surface area contributed by atoms with Gasteiger partial charge in [-0.15, -0.1) is 0 Å². The third-order valence-electron chi connectivity index (χ3n) is 9.92. The van der Waals surface area contributed by atoms with Gasteiger partial charge in [0.2, 0.25) is 0 Å². The summed E-state index contributed by atoms with van der Waals surface area (Å²) in [6.07, 6.45) is 9.56. The number of sulfone groups is 2. The van der Waals surface area contributed by atoms with E-state index in [0.29, 0.717) is 25.7 Å². The molecular formula is C28H36O8S2. The lowest BCUT2D eigenvalue weighted by Crippen LogP contribution is -2.42. The molecular weight excluding hydrogens is 528 g/mol. The molecule has 8 aliphatic rings. The Morgan fingerprint density at radius 2 is 0.921 bits per heavy atom. The molecule has 0 spiro atoms. The number of fused-ring (bicyclic) bond motifs is 8. The van der Waals surface area contributed by atoms with Gasteiger partial charge in [0, 0.05) is 0 Å². The summed E-state index contributed by atoms with van der Waals surface area (Å²) < 4.78 is 74.2. The molecule has 0 radical (unpaired) electrons. The van der Waals surface area contributed by atoms with E-state index in [1.54, 1.807) is 0 Å². The van der Waals surface area contributed by atoms with Crippen LogP contribution in [0.4, 0.5) is 0 Å². The highest BCUT2D eigenvalue weighted by molar-refractivity contribution is 7.93. The van der Waals surface area contributed by atoms with Crippen molar-refractivity contribution < 1.29 is 35.8 Å². The first kappa shape index (κ1) is 25.7. The second kappa shape index (κ2) is 8.60. The van der Waals surface area contributed by atoms with Gasteiger partial charge in [0.25, 0.3) is 0 Å². The van der Waals surface area contributed by atoms with Crippen molar-refractivity contribution in [1.29, 1.82) is 0 Å². The molecule has 8 bridgehead atoms. The van der Waals surface area contributed by atoms with Crippen LogP contribution in [0.5, 0.6) is 0 Å². The molecule has 12 atom stereocenters. The third-order valence-corrected chi connectivity index (χ3v) is 15.1. The summed E-state index contributed by atoms with van der Waals surface area (Å²) in [4.78, 5) is 0. The highest BCUT2D eigenvalue weighted by Crippen LogP contribution is 2.45. The molecule has 8 nitrogen and oxygen atoms in total. The van der Waals surface area contributed by atoms with Crippen molar-refractivity contribution >= 4 is 19.7 Å². The van der Waals surface area contributed by atoms with E-state index in [0.717, 1.165) is 5.57 Å². The first-order valence-corrected chi connectivity index (χ1v) is 17.0. The van der Waals surface area contributed by atoms with Gasteiger partial charge in [0.1, 0.15) is 0 Å². The lowest BCUT2D eigenvalue weighted by atomic mass is 10.00. The normalized spacial score (nSPS) is 47.7. The monoisotopic (exact) mass is 564 g/mol. The van der Waals surface area contributed by atoms with E-state index in [2.05, 4.69) is 6.08 Å². The maximum absolute atomic E-state index is 12.9. The number of hydrogen-bond donors (Lipinski definition) is 0. The Morgan fingerprint density at radius 1 is 0.526 bits per heavy atom. The molecule has 4 fully saturated rings. The minimum Gasteiger partial charge on any atom is -0.365 e. The minimum absolute atomic E-state index is 0.00145. The van der Waals surface area contributed by atoms with Crippen molar-refractivity contribution in [2.45, 2.75) is 123 Å². The van der Waals surface area contributed by atoms with Crippen LogP contribution in [-0.2, 0) is 38.6 Å². The van der Waals surface area contributed by atoms with Crippen LogP contribution in [0.25, 0.3) is 0 Å². The van der Waals surface area contributed by atoms with Crippen molar-refractivity contribution in [2.24, 2.45) is 0 Å². The number of ether oxygens (including phenoxy) is 4. The Labute approximate surface area is 224 Å². The van der Waals surface area contributed by atoms with Crippen molar-refractivity contribution in [2.75, 3.05) is 0 Å². The lowest BCUT2D eigenvalue weighted by molar-refractivity contribution is 0.114. The molecule has 12 unspecified atom stereocenters. The summed E-state index contributed by atoms with van der Waals surface area (Å²) in [6, 6.07) is 0. The van der Waals surface area contributed by atoms with Crippen LogP contribution in [0.1, 0.15) is 53.4 Å². The van der Waals surface area contributed by atoms with E-state index in [1.807, 2.05) is 45.9 Å². The topological polar surface area (TPSA) is 105 Å². The van der Waals surface area contributed by atoms with Crippen molar-refractivity contribution in [3.05, 3.63) is 46.6 Å². The van der Waals surface area contributed by atoms with Crippen LogP contribution < -0.4 is 0 Å². The van der Waals surface area contributed by atoms with E-state index in [9.17, 15) is 16.8 Å². The fourth-order valence-corrected chi connectivity index (χ4v) is 12.6. The van der Waals surface area contributed by atoms with Crippen molar-refractivity contribution in [3.63, 3.8) is 0 Å². The first-order chi connectivity index (χ1) is 17.9. The average Bonchev–Trinajstić information content (AvgIpc) is 3.69. The molecule has 0 N–H and O–H groups in total.